The Morgan fingerprint density at radius 2 is 1.47 bits per heavy atom. The lowest BCUT2D eigenvalue weighted by Crippen LogP contribution is -2.12. The van der Waals surface area contributed by atoms with E-state index >= 15 is 0 Å². The zero-order valence-corrected chi connectivity index (χ0v) is 9.02. The van der Waals surface area contributed by atoms with E-state index in [1.807, 2.05) is 0 Å². The third-order valence-corrected chi connectivity index (χ3v) is 1.34. The van der Waals surface area contributed by atoms with Crippen LogP contribution in [-0.4, -0.2) is 40.4 Å². The van der Waals surface area contributed by atoms with Gasteiger partial charge in [0.2, 0.25) is 0 Å². The Balaban J connectivity index is 3.10. The highest BCUT2D eigenvalue weighted by molar-refractivity contribution is 4.93. The maximum Gasteiger partial charge on any atom is 0.152 e. The lowest BCUT2D eigenvalue weighted by atomic mass is 10.3. The molecule has 0 aliphatic carbocycles. The lowest BCUT2D eigenvalue weighted by molar-refractivity contribution is -0.190. The van der Waals surface area contributed by atoms with E-state index in [2.05, 4.69) is 17.9 Å². The molecule has 0 bridgehead atoms. The maximum absolute atomic E-state index is 5.16. The summed E-state index contributed by atoms with van der Waals surface area (Å²) >= 11 is 0. The Bertz CT molecular complexity index is 152. The van der Waals surface area contributed by atoms with Crippen LogP contribution in [0.3, 0.4) is 0 Å². The van der Waals surface area contributed by atoms with Crippen LogP contribution in [-0.2, 0) is 23.7 Å². The molecule has 0 spiro atoms. The number of rotatable bonds is 11. The molecule has 0 heterocycles. The second-order valence-corrected chi connectivity index (χ2v) is 2.48. The fourth-order valence-corrected chi connectivity index (χ4v) is 0.662. The molecule has 0 aromatic rings. The predicted octanol–water partition coefficient (Wildman–Crippen LogP) is 1.27. The molecular formula is C10H18O5. The van der Waals surface area contributed by atoms with Crippen LogP contribution >= 0.6 is 0 Å². The summed E-state index contributed by atoms with van der Waals surface area (Å²) in [7, 11) is 1.54. The summed E-state index contributed by atoms with van der Waals surface area (Å²) in [6, 6.07) is 0. The van der Waals surface area contributed by atoms with Gasteiger partial charge in [-0.25, -0.2) is 0 Å². The van der Waals surface area contributed by atoms with Crippen molar-refractivity contribution in [2.75, 3.05) is 34.3 Å². The first kappa shape index (κ1) is 14.3. The summed E-state index contributed by atoms with van der Waals surface area (Å²) < 4.78 is 24.6. The van der Waals surface area contributed by atoms with Gasteiger partial charge in [-0.3, -0.25) is 0 Å². The molecule has 0 fully saturated rings. The third kappa shape index (κ3) is 9.58. The average Bonchev–Trinajstić information content (AvgIpc) is 2.27. The molecular weight excluding hydrogens is 200 g/mol. The van der Waals surface area contributed by atoms with Crippen LogP contribution in [0.2, 0.25) is 0 Å². The van der Waals surface area contributed by atoms with Gasteiger partial charge in [0, 0.05) is 7.11 Å². The van der Waals surface area contributed by atoms with E-state index in [4.69, 9.17) is 18.9 Å². The van der Waals surface area contributed by atoms with Crippen LogP contribution < -0.4 is 0 Å². The van der Waals surface area contributed by atoms with E-state index in [0.717, 1.165) is 0 Å². The molecule has 0 aliphatic rings. The Morgan fingerprint density at radius 3 is 2.00 bits per heavy atom. The minimum atomic E-state index is -0.199. The van der Waals surface area contributed by atoms with Crippen molar-refractivity contribution in [3.8, 4) is 0 Å². The molecule has 5 heteroatoms. The lowest BCUT2D eigenvalue weighted by Gasteiger charge is -2.10. The van der Waals surface area contributed by atoms with Crippen molar-refractivity contribution in [1.29, 1.82) is 0 Å². The van der Waals surface area contributed by atoms with E-state index in [-0.39, 0.29) is 33.3 Å². The number of hydrogen-bond acceptors (Lipinski definition) is 5. The van der Waals surface area contributed by atoms with Gasteiger partial charge in [-0.15, -0.1) is 13.2 Å². The average molecular weight is 218 g/mol. The fourth-order valence-electron chi connectivity index (χ4n) is 0.662. The SMILES string of the molecule is C=CC(C=C)OCOCOCOCOC. The van der Waals surface area contributed by atoms with Gasteiger partial charge in [-0.1, -0.05) is 12.2 Å². The molecule has 0 saturated carbocycles. The van der Waals surface area contributed by atoms with Gasteiger partial charge in [0.1, 0.15) is 6.79 Å². The summed E-state index contributed by atoms with van der Waals surface area (Å²) in [4.78, 5) is 0. The summed E-state index contributed by atoms with van der Waals surface area (Å²) in [5.74, 6) is 0. The summed E-state index contributed by atoms with van der Waals surface area (Å²) in [6.07, 6.45) is 3.05. The van der Waals surface area contributed by atoms with E-state index in [0.29, 0.717) is 0 Å². The van der Waals surface area contributed by atoms with Crippen LogP contribution in [0.15, 0.2) is 25.3 Å². The van der Waals surface area contributed by atoms with E-state index in [1.165, 1.54) is 7.11 Å². The fraction of sp³-hybridized carbons (Fsp3) is 0.600. The Kier molecular flexibility index (Phi) is 10.8. The van der Waals surface area contributed by atoms with E-state index < -0.39 is 0 Å². The van der Waals surface area contributed by atoms with E-state index in [9.17, 15) is 0 Å². The molecule has 0 aromatic carbocycles. The Morgan fingerprint density at radius 1 is 0.933 bits per heavy atom. The molecule has 0 aromatic heterocycles. The predicted molar refractivity (Wildman–Crippen MR) is 55.0 cm³/mol. The summed E-state index contributed by atoms with van der Waals surface area (Å²) in [5.41, 5.74) is 0. The van der Waals surface area contributed by atoms with Crippen LogP contribution in [0, 0.1) is 0 Å². The van der Waals surface area contributed by atoms with Crippen molar-refractivity contribution in [2.45, 2.75) is 6.10 Å². The number of methoxy groups -OCH3 is 1. The zero-order chi connectivity index (χ0) is 11.4. The van der Waals surface area contributed by atoms with E-state index in [1.54, 1.807) is 12.2 Å². The van der Waals surface area contributed by atoms with Crippen molar-refractivity contribution in [2.24, 2.45) is 0 Å². The highest BCUT2D eigenvalue weighted by atomic mass is 16.8. The molecule has 0 N–H and O–H groups in total. The molecule has 0 unspecified atom stereocenters. The van der Waals surface area contributed by atoms with Gasteiger partial charge in [0.05, 0.1) is 6.10 Å². The van der Waals surface area contributed by atoms with Gasteiger partial charge in [-0.05, 0) is 0 Å². The Hall–Kier alpha value is -0.720. The van der Waals surface area contributed by atoms with Gasteiger partial charge in [-0.2, -0.15) is 0 Å². The summed E-state index contributed by atoms with van der Waals surface area (Å²) in [5, 5.41) is 0. The largest absolute Gasteiger partial charge is 0.359 e. The molecule has 0 saturated heterocycles. The molecule has 0 radical (unpaired) electrons. The van der Waals surface area contributed by atoms with Gasteiger partial charge in [0.25, 0.3) is 0 Å². The number of ether oxygens (including phenoxy) is 5. The minimum absolute atomic E-state index is 0.102. The van der Waals surface area contributed by atoms with Gasteiger partial charge in [0.15, 0.2) is 20.4 Å². The normalized spacial score (nSPS) is 10.5. The molecule has 0 aliphatic heterocycles. The highest BCUT2D eigenvalue weighted by Gasteiger charge is 1.96. The molecule has 88 valence electrons. The monoisotopic (exact) mass is 218 g/mol. The zero-order valence-electron chi connectivity index (χ0n) is 9.02. The topological polar surface area (TPSA) is 46.2 Å². The van der Waals surface area contributed by atoms with Crippen molar-refractivity contribution in [1.82, 2.24) is 0 Å². The molecule has 5 nitrogen and oxygen atoms in total. The summed E-state index contributed by atoms with van der Waals surface area (Å²) in [6.45, 7) is 7.67. The maximum atomic E-state index is 5.16. The standard InChI is InChI=1S/C10H18O5/c1-4-10(5-2)15-9-14-8-13-7-12-6-11-3/h4-5,10H,1-2,6-9H2,3H3. The van der Waals surface area contributed by atoms with Crippen LogP contribution in [0.1, 0.15) is 0 Å². The quantitative estimate of drug-likeness (QED) is 0.297. The van der Waals surface area contributed by atoms with Crippen LogP contribution in [0.4, 0.5) is 0 Å². The molecule has 0 amide bonds. The minimum Gasteiger partial charge on any atom is -0.359 e. The molecule has 0 rings (SSSR count). The molecule has 0 atom stereocenters. The smallest absolute Gasteiger partial charge is 0.152 e. The van der Waals surface area contributed by atoms with Crippen molar-refractivity contribution in [3.63, 3.8) is 0 Å². The second-order valence-electron chi connectivity index (χ2n) is 2.48. The second kappa shape index (κ2) is 11.4. The van der Waals surface area contributed by atoms with Crippen molar-refractivity contribution < 1.29 is 23.7 Å². The highest BCUT2D eigenvalue weighted by Crippen LogP contribution is 1.94. The molecule has 15 heavy (non-hydrogen) atoms. The third-order valence-electron chi connectivity index (χ3n) is 1.34. The number of hydrogen-bond donors (Lipinski definition) is 0. The van der Waals surface area contributed by atoms with Crippen LogP contribution in [0.5, 0.6) is 0 Å². The first-order valence-electron chi connectivity index (χ1n) is 4.44. The Labute approximate surface area is 90.2 Å². The van der Waals surface area contributed by atoms with Crippen LogP contribution in [0.25, 0.3) is 0 Å². The van der Waals surface area contributed by atoms with Crippen molar-refractivity contribution >= 4 is 0 Å². The first-order valence-corrected chi connectivity index (χ1v) is 4.44. The first-order chi connectivity index (χ1) is 7.35. The van der Waals surface area contributed by atoms with Crippen molar-refractivity contribution in [3.05, 3.63) is 25.3 Å². The van der Waals surface area contributed by atoms with Gasteiger partial charge >= 0.3 is 0 Å². The van der Waals surface area contributed by atoms with Gasteiger partial charge < -0.3 is 23.7 Å².